The Bertz CT molecular complexity index is 424. The van der Waals surface area contributed by atoms with E-state index in [1.165, 1.54) is 4.90 Å². The molecule has 0 aliphatic carbocycles. The smallest absolute Gasteiger partial charge is 0.223 e. The average Bonchev–Trinajstić information content (AvgIpc) is 2.34. The Kier molecular flexibility index (Phi) is 7.74. The monoisotopic (exact) mass is 334 g/mol. The summed E-state index contributed by atoms with van der Waals surface area (Å²) in [7, 11) is 0. The normalized spacial score (nSPS) is 15.9. The van der Waals surface area contributed by atoms with Crippen LogP contribution in [0, 0.1) is 11.8 Å². The minimum atomic E-state index is 0. The largest absolute Gasteiger partial charge is 0.355 e. The zero-order valence-corrected chi connectivity index (χ0v) is 13.8. The van der Waals surface area contributed by atoms with Gasteiger partial charge < -0.3 is 10.6 Å². The molecule has 1 aliphatic heterocycles. The van der Waals surface area contributed by atoms with Crippen LogP contribution in [0.2, 0.25) is 5.02 Å². The van der Waals surface area contributed by atoms with Crippen LogP contribution in [0.4, 0.5) is 0 Å². The van der Waals surface area contributed by atoms with Crippen molar-refractivity contribution in [2.45, 2.75) is 11.8 Å². The number of hydrogen-bond acceptors (Lipinski definition) is 3. The quantitative estimate of drug-likeness (QED) is 0.620. The van der Waals surface area contributed by atoms with Crippen LogP contribution in [-0.4, -0.2) is 31.3 Å². The Morgan fingerprint density at radius 1 is 1.45 bits per heavy atom. The fourth-order valence-corrected chi connectivity index (χ4v) is 2.81. The minimum Gasteiger partial charge on any atom is -0.355 e. The van der Waals surface area contributed by atoms with E-state index in [4.69, 9.17) is 11.6 Å². The number of halogens is 2. The Morgan fingerprint density at radius 3 is 2.65 bits per heavy atom. The average molecular weight is 335 g/mol. The van der Waals surface area contributed by atoms with Gasteiger partial charge >= 0.3 is 0 Å². The lowest BCUT2D eigenvalue weighted by molar-refractivity contribution is -0.126. The second-order valence-corrected chi connectivity index (χ2v) is 6.41. The topological polar surface area (TPSA) is 41.1 Å². The van der Waals surface area contributed by atoms with Gasteiger partial charge in [0.2, 0.25) is 5.91 Å². The highest BCUT2D eigenvalue weighted by Gasteiger charge is 2.28. The maximum absolute atomic E-state index is 11.9. The summed E-state index contributed by atoms with van der Waals surface area (Å²) in [5, 5.41) is 6.95. The highest BCUT2D eigenvalue weighted by atomic mass is 35.5. The minimum absolute atomic E-state index is 0. The van der Waals surface area contributed by atoms with Crippen LogP contribution in [-0.2, 0) is 4.79 Å². The summed E-state index contributed by atoms with van der Waals surface area (Å²) in [4.78, 5) is 13.0. The highest BCUT2D eigenvalue weighted by Crippen LogP contribution is 2.20. The van der Waals surface area contributed by atoms with Gasteiger partial charge in [-0.2, -0.15) is 0 Å². The standard InChI is InChI=1S/C14H19ClN2OS.ClH/c1-10(11-8-16-9-11)14(18)17-6-7-19-13-4-2-12(15)3-5-13;/h2-5,10-11,16H,6-9H2,1H3,(H,17,18);1H. The number of nitrogens with one attached hydrogen (secondary N) is 2. The zero-order chi connectivity index (χ0) is 13.7. The maximum Gasteiger partial charge on any atom is 0.223 e. The Labute approximate surface area is 135 Å². The molecule has 1 aliphatic rings. The number of hydrogen-bond donors (Lipinski definition) is 2. The van der Waals surface area contributed by atoms with Crippen molar-refractivity contribution in [3.63, 3.8) is 0 Å². The summed E-state index contributed by atoms with van der Waals surface area (Å²) in [6, 6.07) is 7.76. The molecule has 1 fully saturated rings. The second kappa shape index (κ2) is 8.78. The predicted octanol–water partition coefficient (Wildman–Crippen LogP) is 2.83. The van der Waals surface area contributed by atoms with Crippen molar-refractivity contribution < 1.29 is 4.79 Å². The first-order chi connectivity index (χ1) is 9.16. The van der Waals surface area contributed by atoms with E-state index in [2.05, 4.69) is 10.6 Å². The third kappa shape index (κ3) is 5.17. The highest BCUT2D eigenvalue weighted by molar-refractivity contribution is 7.99. The van der Waals surface area contributed by atoms with Gasteiger partial charge in [0, 0.05) is 28.1 Å². The number of rotatable bonds is 6. The molecule has 2 N–H and O–H groups in total. The molecular formula is C14H20Cl2N2OS. The first kappa shape index (κ1) is 17.6. The fourth-order valence-electron chi connectivity index (χ4n) is 1.91. The molecule has 1 atom stereocenters. The molecule has 2 rings (SSSR count). The third-order valence-corrected chi connectivity index (χ3v) is 4.68. The molecule has 1 saturated heterocycles. The van der Waals surface area contributed by atoms with E-state index in [9.17, 15) is 4.79 Å². The molecule has 6 heteroatoms. The lowest BCUT2D eigenvalue weighted by Gasteiger charge is -2.31. The molecule has 112 valence electrons. The van der Waals surface area contributed by atoms with Crippen LogP contribution in [0.3, 0.4) is 0 Å². The SMILES string of the molecule is CC(C(=O)NCCSc1ccc(Cl)cc1)C1CNC1.Cl. The van der Waals surface area contributed by atoms with Gasteiger partial charge in [-0.15, -0.1) is 24.2 Å². The van der Waals surface area contributed by atoms with Crippen LogP contribution < -0.4 is 10.6 Å². The Balaban J connectivity index is 0.00000200. The van der Waals surface area contributed by atoms with Gasteiger partial charge in [-0.25, -0.2) is 0 Å². The molecular weight excluding hydrogens is 315 g/mol. The van der Waals surface area contributed by atoms with Crippen LogP contribution in [0.15, 0.2) is 29.2 Å². The van der Waals surface area contributed by atoms with Gasteiger partial charge in [-0.05, 0) is 43.3 Å². The summed E-state index contributed by atoms with van der Waals surface area (Å²) in [5.41, 5.74) is 0. The van der Waals surface area contributed by atoms with Crippen molar-refractivity contribution >= 4 is 41.7 Å². The van der Waals surface area contributed by atoms with E-state index in [1.807, 2.05) is 31.2 Å². The lowest BCUT2D eigenvalue weighted by Crippen LogP contribution is -2.49. The zero-order valence-electron chi connectivity index (χ0n) is 11.4. The number of benzene rings is 1. The van der Waals surface area contributed by atoms with E-state index in [1.54, 1.807) is 11.8 Å². The molecule has 0 radical (unpaired) electrons. The van der Waals surface area contributed by atoms with E-state index in [0.29, 0.717) is 12.5 Å². The summed E-state index contributed by atoms with van der Waals surface area (Å²) in [6.45, 7) is 4.64. The molecule has 0 saturated carbocycles. The Hall–Kier alpha value is -0.420. The summed E-state index contributed by atoms with van der Waals surface area (Å²) >= 11 is 7.55. The Morgan fingerprint density at radius 2 is 2.10 bits per heavy atom. The van der Waals surface area contributed by atoms with Gasteiger partial charge in [0.1, 0.15) is 0 Å². The molecule has 1 heterocycles. The van der Waals surface area contributed by atoms with Gasteiger partial charge in [0.25, 0.3) is 0 Å². The molecule has 1 aromatic rings. The van der Waals surface area contributed by atoms with E-state index in [0.717, 1.165) is 23.9 Å². The first-order valence-corrected chi connectivity index (χ1v) is 7.90. The summed E-state index contributed by atoms with van der Waals surface area (Å²) in [6.07, 6.45) is 0. The lowest BCUT2D eigenvalue weighted by atomic mass is 9.88. The molecule has 1 aromatic carbocycles. The van der Waals surface area contributed by atoms with Crippen LogP contribution >= 0.6 is 35.8 Å². The van der Waals surface area contributed by atoms with Gasteiger partial charge in [0.05, 0.1) is 0 Å². The van der Waals surface area contributed by atoms with Crippen molar-refractivity contribution in [1.29, 1.82) is 0 Å². The number of carbonyl (C=O) groups excluding carboxylic acids is 1. The van der Waals surface area contributed by atoms with Crippen molar-refractivity contribution in [3.8, 4) is 0 Å². The molecule has 1 amide bonds. The van der Waals surface area contributed by atoms with Gasteiger partial charge in [-0.3, -0.25) is 4.79 Å². The van der Waals surface area contributed by atoms with E-state index >= 15 is 0 Å². The molecule has 20 heavy (non-hydrogen) atoms. The van der Waals surface area contributed by atoms with Crippen molar-refractivity contribution in [2.75, 3.05) is 25.4 Å². The molecule has 0 aromatic heterocycles. The van der Waals surface area contributed by atoms with E-state index < -0.39 is 0 Å². The van der Waals surface area contributed by atoms with Gasteiger partial charge in [-0.1, -0.05) is 18.5 Å². The van der Waals surface area contributed by atoms with Gasteiger partial charge in [0.15, 0.2) is 0 Å². The summed E-state index contributed by atoms with van der Waals surface area (Å²) < 4.78 is 0. The van der Waals surface area contributed by atoms with E-state index in [-0.39, 0.29) is 24.2 Å². The maximum atomic E-state index is 11.9. The predicted molar refractivity (Wildman–Crippen MR) is 88.0 cm³/mol. The number of carbonyl (C=O) groups is 1. The fraction of sp³-hybridized carbons (Fsp3) is 0.500. The molecule has 3 nitrogen and oxygen atoms in total. The molecule has 1 unspecified atom stereocenters. The van der Waals surface area contributed by atoms with Crippen molar-refractivity contribution in [1.82, 2.24) is 10.6 Å². The van der Waals surface area contributed by atoms with Crippen molar-refractivity contribution in [3.05, 3.63) is 29.3 Å². The first-order valence-electron chi connectivity index (χ1n) is 6.53. The van der Waals surface area contributed by atoms with Crippen LogP contribution in [0.5, 0.6) is 0 Å². The number of thioether (sulfide) groups is 1. The number of amides is 1. The van der Waals surface area contributed by atoms with Crippen LogP contribution in [0.1, 0.15) is 6.92 Å². The third-order valence-electron chi connectivity index (χ3n) is 3.42. The molecule has 0 spiro atoms. The summed E-state index contributed by atoms with van der Waals surface area (Å²) in [5.74, 6) is 1.66. The van der Waals surface area contributed by atoms with Crippen LogP contribution in [0.25, 0.3) is 0 Å². The second-order valence-electron chi connectivity index (χ2n) is 4.80. The van der Waals surface area contributed by atoms with Crippen molar-refractivity contribution in [2.24, 2.45) is 11.8 Å². The molecule has 0 bridgehead atoms.